The third-order valence-corrected chi connectivity index (χ3v) is 5.99. The first kappa shape index (κ1) is 22.1. The Labute approximate surface area is 179 Å². The number of piperidine rings is 1. The first-order valence-corrected chi connectivity index (χ1v) is 10.8. The van der Waals surface area contributed by atoms with Crippen LogP contribution in [0.3, 0.4) is 0 Å². The highest BCUT2D eigenvalue weighted by molar-refractivity contribution is 5.95. The van der Waals surface area contributed by atoms with Gasteiger partial charge in [0.1, 0.15) is 0 Å². The topological polar surface area (TPSA) is 61.9 Å². The van der Waals surface area contributed by atoms with Crippen LogP contribution in [0.25, 0.3) is 0 Å². The molecule has 3 rings (SSSR count). The van der Waals surface area contributed by atoms with Crippen LogP contribution >= 0.6 is 0 Å². The molecule has 1 atom stereocenters. The van der Waals surface area contributed by atoms with Crippen LogP contribution in [0.5, 0.6) is 0 Å². The van der Waals surface area contributed by atoms with Crippen LogP contribution in [0.1, 0.15) is 43.9 Å². The summed E-state index contributed by atoms with van der Waals surface area (Å²) >= 11 is 0. The Balaban J connectivity index is 2.09. The molecule has 1 fully saturated rings. The van der Waals surface area contributed by atoms with Gasteiger partial charge < -0.3 is 10.1 Å². The summed E-state index contributed by atoms with van der Waals surface area (Å²) in [6.45, 7) is 13.0. The van der Waals surface area contributed by atoms with Gasteiger partial charge in [0.25, 0.3) is 0 Å². The summed E-state index contributed by atoms with van der Waals surface area (Å²) in [6, 6.07) is 7.10. The molecule has 1 saturated heterocycles. The number of nitrogens with one attached hydrogen (secondary N) is 1. The van der Waals surface area contributed by atoms with Crippen molar-refractivity contribution in [2.24, 2.45) is 5.92 Å². The molecule has 6 heteroatoms. The largest absolute Gasteiger partial charge is 0.463 e. The van der Waals surface area contributed by atoms with Gasteiger partial charge in [-0.15, -0.1) is 6.58 Å². The Hall–Kier alpha value is -2.60. The number of urea groups is 1. The molecule has 1 N–H and O–H groups in total. The fourth-order valence-electron chi connectivity index (χ4n) is 4.22. The Kier molecular flexibility index (Phi) is 7.32. The molecule has 2 aliphatic rings. The predicted molar refractivity (Wildman–Crippen MR) is 118 cm³/mol. The summed E-state index contributed by atoms with van der Waals surface area (Å²) in [4.78, 5) is 30.2. The van der Waals surface area contributed by atoms with Crippen molar-refractivity contribution >= 4 is 12.0 Å². The van der Waals surface area contributed by atoms with E-state index >= 15 is 0 Å². The number of amides is 2. The summed E-state index contributed by atoms with van der Waals surface area (Å²) in [6.07, 6.45) is 3.93. The quantitative estimate of drug-likeness (QED) is 0.548. The Morgan fingerprint density at radius 3 is 2.63 bits per heavy atom. The van der Waals surface area contributed by atoms with Gasteiger partial charge in [-0.1, -0.05) is 37.3 Å². The molecule has 0 spiro atoms. The van der Waals surface area contributed by atoms with Crippen molar-refractivity contribution in [2.75, 3.05) is 32.8 Å². The third kappa shape index (κ3) is 4.75. The summed E-state index contributed by atoms with van der Waals surface area (Å²) in [5.41, 5.74) is 3.18. The summed E-state index contributed by atoms with van der Waals surface area (Å²) < 4.78 is 5.45. The van der Waals surface area contributed by atoms with E-state index in [1.807, 2.05) is 31.2 Å². The standard InChI is InChI=1S/C24H33N3O3/c1-5-13-27-20(16-26-14-11-17(3)12-15-26)21(23(28)30-6-2)22(25-24(27)29)19-10-8-7-9-18(19)4/h5,7-10,17,22H,1,6,11-16H2,2-4H3,(H,25,29)/t22-/m0/s1. The molecule has 162 valence electrons. The third-order valence-electron chi connectivity index (χ3n) is 5.99. The molecule has 30 heavy (non-hydrogen) atoms. The minimum Gasteiger partial charge on any atom is -0.463 e. The van der Waals surface area contributed by atoms with E-state index in [0.717, 1.165) is 42.8 Å². The number of esters is 1. The van der Waals surface area contributed by atoms with E-state index in [0.29, 0.717) is 24.6 Å². The van der Waals surface area contributed by atoms with Gasteiger partial charge in [0, 0.05) is 18.8 Å². The number of carbonyl (C=O) groups excluding carboxylic acids is 2. The first-order valence-electron chi connectivity index (χ1n) is 10.8. The lowest BCUT2D eigenvalue weighted by Crippen LogP contribution is -2.51. The van der Waals surface area contributed by atoms with Gasteiger partial charge in [0.05, 0.1) is 18.2 Å². The number of likely N-dealkylation sites (tertiary alicyclic amines) is 1. The number of rotatable bonds is 7. The van der Waals surface area contributed by atoms with Gasteiger partial charge in [-0.25, -0.2) is 9.59 Å². The Morgan fingerprint density at radius 1 is 1.30 bits per heavy atom. The SMILES string of the molecule is C=CCN1C(=O)N[C@@H](c2ccccc2C)C(C(=O)OCC)=C1CN1CCC(C)CC1. The lowest BCUT2D eigenvalue weighted by molar-refractivity contribution is -0.139. The molecule has 2 amide bonds. The van der Waals surface area contributed by atoms with Crippen molar-refractivity contribution in [1.82, 2.24) is 15.1 Å². The van der Waals surface area contributed by atoms with Gasteiger partial charge in [-0.05, 0) is 56.8 Å². The number of hydrogen-bond donors (Lipinski definition) is 1. The highest BCUT2D eigenvalue weighted by Gasteiger charge is 2.39. The summed E-state index contributed by atoms with van der Waals surface area (Å²) in [5.74, 6) is 0.332. The molecule has 0 aliphatic carbocycles. The second kappa shape index (κ2) is 9.94. The van der Waals surface area contributed by atoms with Crippen LogP contribution < -0.4 is 5.32 Å². The van der Waals surface area contributed by atoms with Crippen LogP contribution in [0.15, 0.2) is 48.2 Å². The first-order chi connectivity index (χ1) is 14.5. The average Bonchev–Trinajstić information content (AvgIpc) is 2.72. The molecule has 0 saturated carbocycles. The number of hydrogen-bond acceptors (Lipinski definition) is 4. The molecular weight excluding hydrogens is 378 g/mol. The van der Waals surface area contributed by atoms with Gasteiger partial charge >= 0.3 is 12.0 Å². The maximum Gasteiger partial charge on any atom is 0.338 e. The second-order valence-electron chi connectivity index (χ2n) is 8.18. The minimum atomic E-state index is -0.530. The highest BCUT2D eigenvalue weighted by Crippen LogP contribution is 2.34. The van der Waals surface area contributed by atoms with Gasteiger partial charge in [-0.2, -0.15) is 0 Å². The molecule has 0 unspecified atom stereocenters. The van der Waals surface area contributed by atoms with Crippen LogP contribution in [0.2, 0.25) is 0 Å². The predicted octanol–water partition coefficient (Wildman–Crippen LogP) is 3.80. The van der Waals surface area contributed by atoms with Crippen LogP contribution in [-0.2, 0) is 9.53 Å². The van der Waals surface area contributed by atoms with Crippen molar-refractivity contribution in [1.29, 1.82) is 0 Å². The maximum absolute atomic E-state index is 13.2. The fraction of sp³-hybridized carbons (Fsp3) is 0.500. The molecule has 2 heterocycles. The van der Waals surface area contributed by atoms with Gasteiger partial charge in [0.15, 0.2) is 0 Å². The molecule has 0 bridgehead atoms. The summed E-state index contributed by atoms with van der Waals surface area (Å²) in [7, 11) is 0. The zero-order valence-electron chi connectivity index (χ0n) is 18.3. The lowest BCUT2D eigenvalue weighted by atomic mass is 9.91. The summed E-state index contributed by atoms with van der Waals surface area (Å²) in [5, 5.41) is 3.03. The van der Waals surface area contributed by atoms with Crippen molar-refractivity contribution in [2.45, 2.75) is 39.7 Å². The zero-order valence-corrected chi connectivity index (χ0v) is 18.3. The van der Waals surface area contributed by atoms with E-state index in [-0.39, 0.29) is 18.6 Å². The van der Waals surface area contributed by atoms with E-state index in [9.17, 15) is 9.59 Å². The lowest BCUT2D eigenvalue weighted by Gasteiger charge is -2.39. The van der Waals surface area contributed by atoms with Gasteiger partial charge in [0.2, 0.25) is 0 Å². The number of nitrogens with zero attached hydrogens (tertiary/aromatic N) is 2. The van der Waals surface area contributed by atoms with E-state index in [4.69, 9.17) is 4.74 Å². The van der Waals surface area contributed by atoms with E-state index < -0.39 is 6.04 Å². The van der Waals surface area contributed by atoms with E-state index in [1.54, 1.807) is 17.9 Å². The van der Waals surface area contributed by atoms with Crippen LogP contribution in [0, 0.1) is 12.8 Å². The molecule has 1 aromatic rings. The zero-order chi connectivity index (χ0) is 21.7. The van der Waals surface area contributed by atoms with Crippen LogP contribution in [-0.4, -0.2) is 54.6 Å². The fourth-order valence-corrected chi connectivity index (χ4v) is 4.22. The molecular formula is C24H33N3O3. The highest BCUT2D eigenvalue weighted by atomic mass is 16.5. The monoisotopic (exact) mass is 411 g/mol. The Morgan fingerprint density at radius 2 is 2.00 bits per heavy atom. The van der Waals surface area contributed by atoms with Crippen molar-refractivity contribution in [3.8, 4) is 0 Å². The molecule has 2 aliphatic heterocycles. The van der Waals surface area contributed by atoms with E-state index in [2.05, 4.69) is 23.7 Å². The number of aryl methyl sites for hydroxylation is 1. The van der Waals surface area contributed by atoms with Crippen LogP contribution in [0.4, 0.5) is 4.79 Å². The Bertz CT molecular complexity index is 825. The normalized spacial score (nSPS) is 20.8. The van der Waals surface area contributed by atoms with Crippen molar-refractivity contribution in [3.63, 3.8) is 0 Å². The second-order valence-corrected chi connectivity index (χ2v) is 8.18. The maximum atomic E-state index is 13.2. The average molecular weight is 412 g/mol. The smallest absolute Gasteiger partial charge is 0.338 e. The number of benzene rings is 1. The molecule has 1 aromatic carbocycles. The molecule has 0 aromatic heterocycles. The molecule has 0 radical (unpaired) electrons. The number of ether oxygens (including phenoxy) is 1. The molecule has 6 nitrogen and oxygen atoms in total. The van der Waals surface area contributed by atoms with Gasteiger partial charge in [-0.3, -0.25) is 9.80 Å². The van der Waals surface area contributed by atoms with Crippen molar-refractivity contribution < 1.29 is 14.3 Å². The minimum absolute atomic E-state index is 0.212. The number of carbonyl (C=O) groups is 2. The van der Waals surface area contributed by atoms with E-state index in [1.165, 1.54) is 0 Å². The van der Waals surface area contributed by atoms with Crippen molar-refractivity contribution in [3.05, 3.63) is 59.3 Å².